The largest absolute Gasteiger partial charge is 0.492 e. The highest BCUT2D eigenvalue weighted by molar-refractivity contribution is 5.90. The molecule has 6 nitrogen and oxygen atoms in total. The van der Waals surface area contributed by atoms with Crippen molar-refractivity contribution in [2.45, 2.75) is 46.8 Å². The van der Waals surface area contributed by atoms with E-state index in [1.54, 1.807) is 12.1 Å². The van der Waals surface area contributed by atoms with Crippen LogP contribution in [0.1, 0.15) is 44.4 Å². The van der Waals surface area contributed by atoms with Gasteiger partial charge in [-0.15, -0.1) is 12.4 Å². The lowest BCUT2D eigenvalue weighted by molar-refractivity contribution is -0.131. The number of nitrogen functional groups attached to an aromatic ring is 1. The first-order chi connectivity index (χ1) is 17.0. The fourth-order valence-corrected chi connectivity index (χ4v) is 4.72. The van der Waals surface area contributed by atoms with Crippen molar-refractivity contribution in [3.8, 4) is 28.4 Å². The summed E-state index contributed by atoms with van der Waals surface area (Å²) in [5, 5.41) is 3.57. The molecule has 3 aromatic rings. The van der Waals surface area contributed by atoms with Crippen LogP contribution in [0.5, 0.6) is 17.2 Å². The first-order valence-electron chi connectivity index (χ1n) is 11.7. The maximum Gasteiger partial charge on any atom is 0.308 e. The lowest BCUT2D eigenvalue weighted by Crippen LogP contribution is -2.32. The second-order valence-electron chi connectivity index (χ2n) is 9.55. The number of hydrogen-bond acceptors (Lipinski definition) is 6. The number of aryl methyl sites for hydroxylation is 1. The number of carbonyl (C=O) groups is 1. The quantitative estimate of drug-likeness (QED) is 0.206. The molecule has 8 heteroatoms. The Balaban J connectivity index is 0.00000380. The molecule has 0 fully saturated rings. The van der Waals surface area contributed by atoms with Gasteiger partial charge >= 0.3 is 5.97 Å². The van der Waals surface area contributed by atoms with E-state index >= 15 is 0 Å². The number of benzene rings is 3. The van der Waals surface area contributed by atoms with Gasteiger partial charge in [-0.2, -0.15) is 0 Å². The van der Waals surface area contributed by atoms with Crippen molar-refractivity contribution in [1.82, 2.24) is 0 Å². The smallest absolute Gasteiger partial charge is 0.308 e. The third-order valence-electron chi connectivity index (χ3n) is 6.15. The summed E-state index contributed by atoms with van der Waals surface area (Å²) in [5.74, 6) is 0.113. The fourth-order valence-electron chi connectivity index (χ4n) is 4.72. The van der Waals surface area contributed by atoms with E-state index in [0.29, 0.717) is 17.1 Å². The number of ether oxygens (including phenoxy) is 3. The van der Waals surface area contributed by atoms with Gasteiger partial charge in [-0.05, 0) is 68.7 Å². The Bertz CT molecular complexity index is 1380. The average molecular weight is 527 g/mol. The minimum atomic E-state index is -0.502. The highest BCUT2D eigenvalue weighted by atomic mass is 35.5. The van der Waals surface area contributed by atoms with Crippen molar-refractivity contribution in [2.24, 2.45) is 0 Å². The van der Waals surface area contributed by atoms with Gasteiger partial charge in [0.25, 0.3) is 0 Å². The molecule has 0 atom stereocenters. The molecule has 0 spiro atoms. The number of methoxy groups -OCH3 is 1. The van der Waals surface area contributed by atoms with Gasteiger partial charge in [-0.3, -0.25) is 4.79 Å². The van der Waals surface area contributed by atoms with Gasteiger partial charge in [-0.1, -0.05) is 18.2 Å². The van der Waals surface area contributed by atoms with E-state index in [0.717, 1.165) is 33.5 Å². The van der Waals surface area contributed by atoms with E-state index < -0.39 is 5.97 Å². The Morgan fingerprint density at radius 1 is 1.05 bits per heavy atom. The highest BCUT2D eigenvalue weighted by Crippen LogP contribution is 2.47. The number of hydrogen-bond donors (Lipinski definition) is 2. The monoisotopic (exact) mass is 526 g/mol. The highest BCUT2D eigenvalue weighted by Gasteiger charge is 2.28. The maximum absolute atomic E-state index is 14.0. The van der Waals surface area contributed by atoms with Gasteiger partial charge in [0.15, 0.2) is 11.5 Å². The van der Waals surface area contributed by atoms with Crippen molar-refractivity contribution in [1.29, 1.82) is 0 Å². The maximum atomic E-state index is 14.0. The third kappa shape index (κ3) is 5.67. The Morgan fingerprint density at radius 2 is 1.76 bits per heavy atom. The summed E-state index contributed by atoms with van der Waals surface area (Å²) < 4.78 is 31.2. The number of halogens is 2. The molecule has 3 N–H and O–H groups in total. The van der Waals surface area contributed by atoms with Crippen molar-refractivity contribution in [3.05, 3.63) is 71.0 Å². The van der Waals surface area contributed by atoms with E-state index in [4.69, 9.17) is 19.9 Å². The zero-order valence-corrected chi connectivity index (χ0v) is 22.6. The van der Waals surface area contributed by atoms with Gasteiger partial charge in [0, 0.05) is 35.4 Å². The molecule has 0 saturated heterocycles. The normalized spacial score (nSPS) is 13.4. The number of anilines is 2. The van der Waals surface area contributed by atoms with Gasteiger partial charge in [0.2, 0.25) is 0 Å². The molecule has 0 radical (unpaired) electrons. The zero-order chi connectivity index (χ0) is 26.2. The van der Waals surface area contributed by atoms with Crippen LogP contribution in [-0.4, -0.2) is 18.6 Å². The summed E-state index contributed by atoms with van der Waals surface area (Å²) in [6.45, 7) is 9.63. The Kier molecular flexibility index (Phi) is 8.08. The van der Waals surface area contributed by atoms with Gasteiger partial charge < -0.3 is 25.3 Å². The second-order valence-corrected chi connectivity index (χ2v) is 9.55. The summed E-state index contributed by atoms with van der Waals surface area (Å²) in [7, 11) is 1.51. The molecule has 0 bridgehead atoms. The number of rotatable bonds is 6. The molecule has 0 aliphatic carbocycles. The van der Waals surface area contributed by atoms with Crippen LogP contribution >= 0.6 is 12.4 Å². The van der Waals surface area contributed by atoms with E-state index in [-0.39, 0.29) is 41.8 Å². The summed E-state index contributed by atoms with van der Waals surface area (Å²) in [6.07, 6.45) is 2.17. The molecule has 0 saturated carbocycles. The lowest BCUT2D eigenvalue weighted by atomic mass is 9.85. The molecule has 3 aromatic carbocycles. The van der Waals surface area contributed by atoms with E-state index in [9.17, 15) is 9.18 Å². The summed E-state index contributed by atoms with van der Waals surface area (Å²) in [5.41, 5.74) is 12.5. The zero-order valence-electron chi connectivity index (χ0n) is 21.8. The fraction of sp³-hybridized carbons (Fsp3) is 0.276. The molecule has 0 aromatic heterocycles. The predicted octanol–water partition coefficient (Wildman–Crippen LogP) is 6.93. The van der Waals surface area contributed by atoms with Crippen molar-refractivity contribution in [2.75, 3.05) is 18.2 Å². The SMILES string of the molecule is COc1c(-c2ccc3c(c2COc2cc(F)ccc2C)C(C)=CC(C)(C)N3)ccc(N)c1OC(C)=O.Cl. The number of allylic oxidation sites excluding steroid dienone is 1. The molecule has 1 heterocycles. The van der Waals surface area contributed by atoms with Gasteiger partial charge in [0.1, 0.15) is 18.2 Å². The molecule has 1 aliphatic rings. The topological polar surface area (TPSA) is 82.8 Å². The van der Waals surface area contributed by atoms with Crippen molar-refractivity contribution >= 4 is 35.3 Å². The molecule has 196 valence electrons. The standard InChI is InChI=1S/C29H31FN2O4.ClH/c1-16-7-8-19(30)13-25(16)35-15-22-20(10-12-24-26(22)17(2)14-29(4,5)32-24)21-9-11-23(31)28(27(21)34-6)36-18(3)33;/h7-14,32H,15,31H2,1-6H3;1H. The van der Waals surface area contributed by atoms with Gasteiger partial charge in [-0.25, -0.2) is 4.39 Å². The summed E-state index contributed by atoms with van der Waals surface area (Å²) >= 11 is 0. The second kappa shape index (κ2) is 10.7. The molecular weight excluding hydrogens is 495 g/mol. The molecule has 0 amide bonds. The minimum absolute atomic E-state index is 0. The van der Waals surface area contributed by atoms with E-state index in [2.05, 4.69) is 32.2 Å². The van der Waals surface area contributed by atoms with Crippen molar-refractivity contribution < 1.29 is 23.4 Å². The van der Waals surface area contributed by atoms with Gasteiger partial charge in [0.05, 0.1) is 18.3 Å². The Hall–Kier alpha value is -3.71. The Labute approximate surface area is 223 Å². The number of fused-ring (bicyclic) bond motifs is 1. The third-order valence-corrected chi connectivity index (χ3v) is 6.15. The van der Waals surface area contributed by atoms with Crippen LogP contribution in [0.15, 0.2) is 48.5 Å². The van der Waals surface area contributed by atoms with Crippen LogP contribution in [-0.2, 0) is 11.4 Å². The molecule has 4 rings (SSSR count). The first-order valence-corrected chi connectivity index (χ1v) is 11.7. The molecule has 1 aliphatic heterocycles. The van der Waals surface area contributed by atoms with Crippen LogP contribution in [0.2, 0.25) is 0 Å². The van der Waals surface area contributed by atoms with Crippen LogP contribution < -0.4 is 25.3 Å². The van der Waals surface area contributed by atoms with E-state index in [1.165, 1.54) is 26.2 Å². The number of esters is 1. The first kappa shape index (κ1) is 27.9. The minimum Gasteiger partial charge on any atom is -0.492 e. The van der Waals surface area contributed by atoms with Crippen LogP contribution in [0, 0.1) is 12.7 Å². The number of nitrogens with one attached hydrogen (secondary N) is 1. The lowest BCUT2D eigenvalue weighted by Gasteiger charge is -2.33. The predicted molar refractivity (Wildman–Crippen MR) is 148 cm³/mol. The summed E-state index contributed by atoms with van der Waals surface area (Å²) in [6, 6.07) is 12.0. The van der Waals surface area contributed by atoms with Crippen LogP contribution in [0.3, 0.4) is 0 Å². The number of carbonyl (C=O) groups excluding carboxylic acids is 1. The molecule has 37 heavy (non-hydrogen) atoms. The average Bonchev–Trinajstić information content (AvgIpc) is 2.79. The molecular formula is C29H32ClFN2O4. The molecule has 0 unspecified atom stereocenters. The number of nitrogens with two attached hydrogens (primary N) is 1. The van der Waals surface area contributed by atoms with Crippen LogP contribution in [0.4, 0.5) is 15.8 Å². The Morgan fingerprint density at radius 3 is 2.43 bits per heavy atom. The van der Waals surface area contributed by atoms with Crippen LogP contribution in [0.25, 0.3) is 16.7 Å². The van der Waals surface area contributed by atoms with Crippen molar-refractivity contribution in [3.63, 3.8) is 0 Å². The summed E-state index contributed by atoms with van der Waals surface area (Å²) in [4.78, 5) is 11.8. The van der Waals surface area contributed by atoms with E-state index in [1.807, 2.05) is 25.1 Å².